The van der Waals surface area contributed by atoms with E-state index >= 15 is 0 Å². The molecule has 59 heavy (non-hydrogen) atoms. The molecular weight excluding hydrogens is 732 g/mol. The lowest BCUT2D eigenvalue weighted by molar-refractivity contribution is 0.769. The molecule has 2 aliphatic rings. The van der Waals surface area contributed by atoms with Crippen LogP contribution in [-0.4, -0.2) is 9.38 Å². The van der Waals surface area contributed by atoms with E-state index in [4.69, 9.17) is 4.98 Å². The van der Waals surface area contributed by atoms with Crippen LogP contribution in [-0.2, 0) is 5.41 Å². The first-order chi connectivity index (χ1) is 29.3. The summed E-state index contributed by atoms with van der Waals surface area (Å²) in [6.45, 7) is 0. The number of pyridine rings is 1. The summed E-state index contributed by atoms with van der Waals surface area (Å²) in [6.07, 6.45) is 6.31. The van der Waals surface area contributed by atoms with E-state index < -0.39 is 13.3 Å². The summed E-state index contributed by atoms with van der Waals surface area (Å²) in [5, 5.41) is 7.46. The second-order valence-electron chi connectivity index (χ2n) is 15.4. The number of para-hydroxylation sites is 3. The van der Waals surface area contributed by atoms with E-state index in [9.17, 15) is 0 Å². The number of rotatable bonds is 6. The Balaban J connectivity index is 1.11. The van der Waals surface area contributed by atoms with Gasteiger partial charge in [-0.15, -0.1) is 0 Å². The van der Waals surface area contributed by atoms with Crippen LogP contribution < -0.4 is 10.6 Å². The lowest BCUT2D eigenvalue weighted by Gasteiger charge is -2.34. The van der Waals surface area contributed by atoms with E-state index in [0.717, 1.165) is 27.6 Å². The predicted octanol–water partition coefficient (Wildman–Crippen LogP) is 13.0. The van der Waals surface area contributed by atoms with E-state index in [1.54, 1.807) is 0 Å². The number of hydrogen-bond donors (Lipinski definition) is 0. The molecule has 3 heteroatoms. The zero-order valence-corrected chi connectivity index (χ0v) is 32.9. The summed E-state index contributed by atoms with van der Waals surface area (Å²) in [7, 11) is -0.860. The molecule has 12 rings (SSSR count). The Kier molecular flexibility index (Phi) is 7.67. The fourth-order valence-corrected chi connectivity index (χ4v) is 12.0. The summed E-state index contributed by atoms with van der Waals surface area (Å²) in [4.78, 5) is 5.17. The third-order valence-electron chi connectivity index (χ3n) is 12.3. The molecule has 0 aliphatic heterocycles. The van der Waals surface area contributed by atoms with Gasteiger partial charge in [-0.25, -0.2) is 4.98 Å². The largest absolute Gasteiger partial charge is 0.292 e. The van der Waals surface area contributed by atoms with Gasteiger partial charge in [-0.3, -0.25) is 4.40 Å². The van der Waals surface area contributed by atoms with Crippen molar-refractivity contribution in [3.8, 4) is 22.3 Å². The van der Waals surface area contributed by atoms with E-state index in [1.165, 1.54) is 71.2 Å². The molecule has 0 radical (unpaired) electrons. The molecule has 8 aromatic carbocycles. The highest BCUT2D eigenvalue weighted by atomic mass is 31.1. The molecule has 2 heterocycles. The molecule has 0 spiro atoms. The van der Waals surface area contributed by atoms with Crippen molar-refractivity contribution < 1.29 is 0 Å². The molecule has 0 saturated heterocycles. The summed E-state index contributed by atoms with van der Waals surface area (Å²) >= 11 is 0. The van der Waals surface area contributed by atoms with Gasteiger partial charge in [-0.1, -0.05) is 163 Å². The lowest BCUT2D eigenvalue weighted by Crippen LogP contribution is -2.29. The molecule has 2 aromatic heterocycles. The van der Waals surface area contributed by atoms with Gasteiger partial charge in [0.15, 0.2) is 0 Å². The Morgan fingerprint density at radius 2 is 1.10 bits per heavy atom. The topological polar surface area (TPSA) is 17.3 Å². The SMILES string of the molecule is C1=C=CC(P(c2ccccc2)c2ccc3c(c2)C(c2ccccc2)(c2ccccc2)c2cc(-c4ccc5c(c4)c4ccccc4n4c6ccccc6nc54)ccc2-3)=CC=1. The van der Waals surface area contributed by atoms with Crippen LogP contribution in [0.15, 0.2) is 229 Å². The molecule has 0 N–H and O–H groups in total. The van der Waals surface area contributed by atoms with Gasteiger partial charge in [0, 0.05) is 10.8 Å². The average Bonchev–Trinajstić information content (AvgIpc) is 3.85. The molecular formula is C56H35N2P. The standard InChI is InChI=1S/C56H35N2P/c1-5-17-40(18-6-1)56(41-19-7-2-8-20-41)50-36-39(38-30-33-48-49(35-38)47-25-13-15-27-53(47)58-54-28-16-14-26-52(54)57-55(48)58)29-32-45(50)46-34-31-44(37-51(46)56)59(42-21-9-3-10-22-42)43-23-11-4-12-24-43/h1-3,5-11,13-37H. The van der Waals surface area contributed by atoms with Crippen molar-refractivity contribution in [2.75, 3.05) is 0 Å². The number of benzene rings is 8. The lowest BCUT2D eigenvalue weighted by atomic mass is 9.67. The molecule has 0 fully saturated rings. The Morgan fingerprint density at radius 1 is 0.475 bits per heavy atom. The van der Waals surface area contributed by atoms with Crippen LogP contribution in [0.25, 0.3) is 60.6 Å². The minimum absolute atomic E-state index is 0.556. The molecule has 0 amide bonds. The van der Waals surface area contributed by atoms with Crippen molar-refractivity contribution in [3.05, 3.63) is 251 Å². The fraction of sp³-hybridized carbons (Fsp3) is 0.0179. The molecule has 2 aliphatic carbocycles. The second-order valence-corrected chi connectivity index (χ2v) is 17.6. The molecule has 1 atom stereocenters. The maximum absolute atomic E-state index is 5.17. The summed E-state index contributed by atoms with van der Waals surface area (Å²) in [5.41, 5.74) is 20.2. The highest BCUT2D eigenvalue weighted by Gasteiger charge is 2.46. The van der Waals surface area contributed by atoms with Crippen LogP contribution in [0.2, 0.25) is 0 Å². The number of fused-ring (bicyclic) bond motifs is 11. The number of aromatic nitrogens is 2. The quantitative estimate of drug-likeness (QED) is 0.0936. The number of hydrogen-bond acceptors (Lipinski definition) is 1. The molecule has 10 aromatic rings. The van der Waals surface area contributed by atoms with Gasteiger partial charge in [0.25, 0.3) is 0 Å². The maximum atomic E-state index is 5.17. The Labute approximate surface area is 343 Å². The van der Waals surface area contributed by atoms with Crippen LogP contribution in [0.5, 0.6) is 0 Å². The van der Waals surface area contributed by atoms with Crippen molar-refractivity contribution in [2.45, 2.75) is 5.41 Å². The number of nitrogens with zero attached hydrogens (tertiary/aromatic N) is 2. The van der Waals surface area contributed by atoms with Gasteiger partial charge < -0.3 is 0 Å². The van der Waals surface area contributed by atoms with Gasteiger partial charge in [-0.2, -0.15) is 0 Å². The molecule has 274 valence electrons. The Hall–Kier alpha value is -7.30. The van der Waals surface area contributed by atoms with Gasteiger partial charge >= 0.3 is 0 Å². The minimum atomic E-state index is -0.860. The maximum Gasteiger partial charge on any atom is 0.146 e. The molecule has 2 nitrogen and oxygen atoms in total. The van der Waals surface area contributed by atoms with Crippen molar-refractivity contribution in [3.63, 3.8) is 0 Å². The summed E-state index contributed by atoms with van der Waals surface area (Å²) in [6, 6.07) is 71.8. The summed E-state index contributed by atoms with van der Waals surface area (Å²) < 4.78 is 2.32. The van der Waals surface area contributed by atoms with Crippen molar-refractivity contribution in [2.24, 2.45) is 0 Å². The van der Waals surface area contributed by atoms with Crippen LogP contribution in [0.4, 0.5) is 0 Å². The van der Waals surface area contributed by atoms with E-state index in [-0.39, 0.29) is 0 Å². The third kappa shape index (κ3) is 5.09. The minimum Gasteiger partial charge on any atom is -0.292 e. The zero-order chi connectivity index (χ0) is 38.9. The van der Waals surface area contributed by atoms with Crippen molar-refractivity contribution in [1.82, 2.24) is 9.38 Å². The predicted molar refractivity (Wildman–Crippen MR) is 247 cm³/mol. The smallest absolute Gasteiger partial charge is 0.146 e. The van der Waals surface area contributed by atoms with Gasteiger partial charge in [-0.05, 0) is 134 Å². The van der Waals surface area contributed by atoms with Crippen molar-refractivity contribution in [1.29, 1.82) is 0 Å². The molecule has 1 unspecified atom stereocenters. The molecule has 0 bridgehead atoms. The van der Waals surface area contributed by atoms with Crippen LogP contribution in [0, 0.1) is 0 Å². The first kappa shape index (κ1) is 33.8. The summed E-state index contributed by atoms with van der Waals surface area (Å²) in [5.74, 6) is 0. The normalized spacial score (nSPS) is 14.2. The fourth-order valence-electron chi connectivity index (χ4n) is 9.79. The highest BCUT2D eigenvalue weighted by molar-refractivity contribution is 7.77. The Morgan fingerprint density at radius 3 is 1.85 bits per heavy atom. The first-order valence-corrected chi connectivity index (χ1v) is 21.5. The van der Waals surface area contributed by atoms with Crippen LogP contribution in [0.3, 0.4) is 0 Å². The number of imidazole rings is 1. The monoisotopic (exact) mass is 766 g/mol. The molecule has 0 saturated carbocycles. The van der Waals surface area contributed by atoms with E-state index in [1.807, 2.05) is 6.08 Å². The van der Waals surface area contributed by atoms with Crippen LogP contribution in [0.1, 0.15) is 22.3 Å². The van der Waals surface area contributed by atoms with Gasteiger partial charge in [0.05, 0.1) is 22.0 Å². The zero-order valence-electron chi connectivity index (χ0n) is 32.0. The number of allylic oxidation sites excluding steroid dienone is 4. The van der Waals surface area contributed by atoms with Gasteiger partial charge in [0.1, 0.15) is 5.65 Å². The first-order valence-electron chi connectivity index (χ1n) is 20.1. The average molecular weight is 767 g/mol. The Bertz CT molecular complexity index is 3420. The van der Waals surface area contributed by atoms with E-state index in [2.05, 4.69) is 222 Å². The van der Waals surface area contributed by atoms with Crippen LogP contribution >= 0.6 is 7.92 Å². The second kappa shape index (κ2) is 13.4. The highest BCUT2D eigenvalue weighted by Crippen LogP contribution is 2.58. The van der Waals surface area contributed by atoms with Crippen molar-refractivity contribution >= 4 is 56.9 Å². The van der Waals surface area contributed by atoms with E-state index in [0.29, 0.717) is 0 Å². The third-order valence-corrected chi connectivity index (χ3v) is 14.7. The van der Waals surface area contributed by atoms with Gasteiger partial charge in [0.2, 0.25) is 0 Å².